The zero-order valence-corrected chi connectivity index (χ0v) is 18.5. The number of carbonyl (C=O) groups excluding carboxylic acids is 3. The zero-order valence-electron chi connectivity index (χ0n) is 18.5. The number of ketones is 1. The number of aliphatic hydroxyl groups is 2. The van der Waals surface area contributed by atoms with Crippen LogP contribution < -0.4 is 0 Å². The molecule has 0 saturated carbocycles. The number of carbonyl (C=O) groups is 3. The molecule has 30 heavy (non-hydrogen) atoms. The molecule has 7 nitrogen and oxygen atoms in total. The number of cyclic esters (lactones) is 1. The van der Waals surface area contributed by atoms with Crippen molar-refractivity contribution in [2.75, 3.05) is 6.61 Å². The molecule has 7 heteroatoms. The Hall–Kier alpha value is -1.47. The molecule has 0 bridgehead atoms. The number of Topliss-reactive ketones (excluding diaryl/α,β-unsaturated/α-hetero) is 1. The number of hydrogen-bond donors (Lipinski definition) is 2. The van der Waals surface area contributed by atoms with Gasteiger partial charge < -0.3 is 19.7 Å². The lowest BCUT2D eigenvalue weighted by Gasteiger charge is -2.20. The van der Waals surface area contributed by atoms with Gasteiger partial charge in [-0.2, -0.15) is 0 Å². The van der Waals surface area contributed by atoms with Crippen LogP contribution in [-0.2, 0) is 23.9 Å². The molecule has 1 aliphatic rings. The van der Waals surface area contributed by atoms with Gasteiger partial charge >= 0.3 is 11.9 Å². The number of aliphatic hydroxyl groups excluding tert-OH is 2. The predicted octanol–water partition coefficient (Wildman–Crippen LogP) is 3.62. The molecule has 2 N–H and O–H groups in total. The Kier molecular flexibility index (Phi) is 14.4. The molecule has 0 spiro atoms. The number of rotatable bonds is 18. The molecular formula is C23H40O7. The number of ether oxygens (including phenoxy) is 2. The molecule has 0 amide bonds. The van der Waals surface area contributed by atoms with Crippen molar-refractivity contribution in [3.63, 3.8) is 0 Å². The maximum Gasteiger partial charge on any atom is 0.379 e. The minimum Gasteiger partial charge on any atom is -0.450 e. The van der Waals surface area contributed by atoms with Crippen molar-refractivity contribution in [3.05, 3.63) is 0 Å². The Morgan fingerprint density at radius 2 is 1.37 bits per heavy atom. The van der Waals surface area contributed by atoms with E-state index in [1.54, 1.807) is 0 Å². The minimum atomic E-state index is -1.47. The Morgan fingerprint density at radius 3 is 1.83 bits per heavy atom. The maximum absolute atomic E-state index is 11.9. The molecule has 0 aromatic heterocycles. The second-order valence-corrected chi connectivity index (χ2v) is 8.24. The Balaban J connectivity index is 2.01. The number of unbranched alkanes of at least 4 members (excludes halogenated alkanes) is 13. The zero-order chi connectivity index (χ0) is 22.2. The van der Waals surface area contributed by atoms with Crippen molar-refractivity contribution in [2.24, 2.45) is 0 Å². The fraction of sp³-hybridized carbons (Fsp3) is 0.870. The Labute approximate surface area is 180 Å². The molecule has 0 aromatic rings. The van der Waals surface area contributed by atoms with Gasteiger partial charge in [0.05, 0.1) is 6.61 Å². The van der Waals surface area contributed by atoms with E-state index in [2.05, 4.69) is 6.92 Å². The molecule has 1 heterocycles. The van der Waals surface area contributed by atoms with E-state index in [1.165, 1.54) is 64.2 Å². The summed E-state index contributed by atoms with van der Waals surface area (Å²) in [6.45, 7) is 1.54. The van der Waals surface area contributed by atoms with Gasteiger partial charge in [0.25, 0.3) is 5.78 Å². The number of esters is 2. The van der Waals surface area contributed by atoms with Crippen molar-refractivity contribution >= 4 is 17.7 Å². The van der Waals surface area contributed by atoms with Gasteiger partial charge in [0.15, 0.2) is 6.10 Å². The molecule has 1 aliphatic heterocycles. The highest BCUT2D eigenvalue weighted by molar-refractivity contribution is 6.37. The summed E-state index contributed by atoms with van der Waals surface area (Å²) in [5, 5.41) is 18.6. The lowest BCUT2D eigenvalue weighted by atomic mass is 10.0. The maximum atomic E-state index is 11.9. The van der Waals surface area contributed by atoms with Gasteiger partial charge in [0, 0.05) is 6.42 Å². The van der Waals surface area contributed by atoms with E-state index in [0.29, 0.717) is 6.42 Å². The Morgan fingerprint density at radius 1 is 0.900 bits per heavy atom. The van der Waals surface area contributed by atoms with Crippen LogP contribution in [0.3, 0.4) is 0 Å². The van der Waals surface area contributed by atoms with Crippen LogP contribution >= 0.6 is 0 Å². The quantitative estimate of drug-likeness (QED) is 0.195. The molecular weight excluding hydrogens is 388 g/mol. The fourth-order valence-corrected chi connectivity index (χ4v) is 3.68. The molecule has 1 saturated heterocycles. The topological polar surface area (TPSA) is 110 Å². The van der Waals surface area contributed by atoms with Crippen LogP contribution in [0.1, 0.15) is 103 Å². The van der Waals surface area contributed by atoms with E-state index >= 15 is 0 Å². The lowest BCUT2D eigenvalue weighted by Crippen LogP contribution is -2.41. The highest BCUT2D eigenvalue weighted by atomic mass is 16.6. The normalized spacial score (nSPS) is 19.7. The number of hydrogen-bond acceptors (Lipinski definition) is 7. The molecule has 0 aromatic carbocycles. The van der Waals surface area contributed by atoms with Crippen LogP contribution in [0.25, 0.3) is 0 Å². The van der Waals surface area contributed by atoms with Crippen molar-refractivity contribution in [2.45, 2.75) is 122 Å². The van der Waals surface area contributed by atoms with E-state index in [9.17, 15) is 19.5 Å². The van der Waals surface area contributed by atoms with Gasteiger partial charge in [-0.3, -0.25) is 9.59 Å². The van der Waals surface area contributed by atoms with Gasteiger partial charge in [0.1, 0.15) is 6.10 Å². The minimum absolute atomic E-state index is 0.151. The molecule has 3 atom stereocenters. The van der Waals surface area contributed by atoms with Gasteiger partial charge in [0.2, 0.25) is 6.10 Å². The third-order valence-electron chi connectivity index (χ3n) is 5.56. The Bertz CT molecular complexity index is 506. The first-order valence-electron chi connectivity index (χ1n) is 11.7. The van der Waals surface area contributed by atoms with Crippen LogP contribution in [0.5, 0.6) is 0 Å². The average Bonchev–Trinajstić information content (AvgIpc) is 3.01. The first-order chi connectivity index (χ1) is 14.5. The van der Waals surface area contributed by atoms with Crippen LogP contribution in [0.2, 0.25) is 0 Å². The fourth-order valence-electron chi connectivity index (χ4n) is 3.68. The summed E-state index contributed by atoms with van der Waals surface area (Å²) in [5.41, 5.74) is 0. The van der Waals surface area contributed by atoms with Gasteiger partial charge in [-0.25, -0.2) is 4.79 Å². The second-order valence-electron chi connectivity index (χ2n) is 8.24. The predicted molar refractivity (Wildman–Crippen MR) is 113 cm³/mol. The monoisotopic (exact) mass is 428 g/mol. The van der Waals surface area contributed by atoms with E-state index < -0.39 is 42.6 Å². The van der Waals surface area contributed by atoms with Crippen LogP contribution in [0, 0.1) is 0 Å². The van der Waals surface area contributed by atoms with Crippen LogP contribution in [0.4, 0.5) is 0 Å². The van der Waals surface area contributed by atoms with E-state index in [4.69, 9.17) is 14.6 Å². The van der Waals surface area contributed by atoms with Crippen molar-refractivity contribution in [3.8, 4) is 0 Å². The lowest BCUT2D eigenvalue weighted by molar-refractivity contribution is -0.160. The van der Waals surface area contributed by atoms with E-state index in [0.717, 1.165) is 19.3 Å². The molecule has 174 valence electrons. The van der Waals surface area contributed by atoms with Crippen LogP contribution in [-0.4, -0.2) is 52.9 Å². The summed E-state index contributed by atoms with van der Waals surface area (Å²) in [7, 11) is 0. The van der Waals surface area contributed by atoms with Crippen molar-refractivity contribution in [1.29, 1.82) is 0 Å². The van der Waals surface area contributed by atoms with E-state index in [1.807, 2.05) is 0 Å². The van der Waals surface area contributed by atoms with Gasteiger partial charge in [-0.1, -0.05) is 90.4 Å². The largest absolute Gasteiger partial charge is 0.450 e. The standard InChI is InChI=1S/C23H40O7/c1-2-3-4-5-6-7-8-9-10-11-12-13-14-15-16-19(26)29-22-20(27)23(28)30-21(22)18(25)17-24/h18,21-22,24-25H,2-17H2,1H3/t18-,21+,22?/m0/s1. The summed E-state index contributed by atoms with van der Waals surface area (Å²) >= 11 is 0. The molecule has 1 fully saturated rings. The molecule has 0 radical (unpaired) electrons. The highest BCUT2D eigenvalue weighted by Gasteiger charge is 2.49. The van der Waals surface area contributed by atoms with Crippen LogP contribution in [0.15, 0.2) is 0 Å². The van der Waals surface area contributed by atoms with Gasteiger partial charge in [-0.05, 0) is 6.42 Å². The van der Waals surface area contributed by atoms with E-state index in [-0.39, 0.29) is 6.42 Å². The first kappa shape index (κ1) is 26.6. The SMILES string of the molecule is CCCCCCCCCCCCCCCCC(=O)OC1C(=O)C(=O)O[C@@H]1[C@@H](O)CO. The molecule has 0 aliphatic carbocycles. The summed E-state index contributed by atoms with van der Waals surface area (Å²) in [6, 6.07) is 0. The summed E-state index contributed by atoms with van der Waals surface area (Å²) in [5.74, 6) is -2.75. The van der Waals surface area contributed by atoms with Crippen molar-refractivity contribution in [1.82, 2.24) is 0 Å². The smallest absolute Gasteiger partial charge is 0.379 e. The second kappa shape index (κ2) is 16.3. The first-order valence-corrected chi connectivity index (χ1v) is 11.7. The third kappa shape index (κ3) is 10.5. The molecule has 1 unspecified atom stereocenters. The van der Waals surface area contributed by atoms with Gasteiger partial charge in [-0.15, -0.1) is 0 Å². The highest BCUT2D eigenvalue weighted by Crippen LogP contribution is 2.20. The summed E-state index contributed by atoms with van der Waals surface area (Å²) < 4.78 is 9.73. The summed E-state index contributed by atoms with van der Waals surface area (Å²) in [6.07, 6.45) is 12.9. The molecule has 1 rings (SSSR count). The summed E-state index contributed by atoms with van der Waals surface area (Å²) in [4.78, 5) is 35.0. The van der Waals surface area contributed by atoms with Crippen molar-refractivity contribution < 1.29 is 34.1 Å². The average molecular weight is 429 g/mol. The third-order valence-corrected chi connectivity index (χ3v) is 5.56.